The lowest BCUT2D eigenvalue weighted by molar-refractivity contribution is -0.243. The number of hydrogen-bond donors (Lipinski definition) is 1. The molecule has 1 aromatic carbocycles. The average Bonchev–Trinajstić information content (AvgIpc) is 3.03. The SMILES string of the molecule is CC(C(=O)O)(N(C=O)OCc1ccccc1)n1ncnn1. The van der Waals surface area contributed by atoms with Crippen LogP contribution in [0.15, 0.2) is 36.7 Å². The fraction of sp³-hybridized carbons (Fsp3) is 0.250. The number of carboxylic acid groups (broad SMARTS) is 1. The first-order chi connectivity index (χ1) is 10.1. The molecule has 1 atom stereocenters. The second-order valence-corrected chi connectivity index (χ2v) is 4.24. The van der Waals surface area contributed by atoms with Gasteiger partial charge in [0.05, 0.1) is 0 Å². The second kappa shape index (κ2) is 6.09. The van der Waals surface area contributed by atoms with Gasteiger partial charge >= 0.3 is 5.97 Å². The van der Waals surface area contributed by atoms with Gasteiger partial charge in [-0.2, -0.15) is 5.06 Å². The van der Waals surface area contributed by atoms with Gasteiger partial charge in [-0.1, -0.05) is 30.3 Å². The minimum Gasteiger partial charge on any atom is -0.478 e. The van der Waals surface area contributed by atoms with Crippen LogP contribution in [0.4, 0.5) is 0 Å². The van der Waals surface area contributed by atoms with Crippen LogP contribution in [0.5, 0.6) is 0 Å². The summed E-state index contributed by atoms with van der Waals surface area (Å²) in [5.74, 6) is -1.36. The van der Waals surface area contributed by atoms with E-state index in [0.29, 0.717) is 5.06 Å². The number of carbonyl (C=O) groups is 2. The largest absolute Gasteiger partial charge is 0.478 e. The normalized spacial score (nSPS) is 13.4. The van der Waals surface area contributed by atoms with Crippen LogP contribution >= 0.6 is 0 Å². The molecule has 2 aromatic rings. The van der Waals surface area contributed by atoms with Gasteiger partial charge in [0, 0.05) is 0 Å². The number of hydroxylamine groups is 2. The topological polar surface area (TPSA) is 110 Å². The Kier molecular flexibility index (Phi) is 4.24. The van der Waals surface area contributed by atoms with E-state index in [-0.39, 0.29) is 13.0 Å². The molecule has 1 aromatic heterocycles. The van der Waals surface area contributed by atoms with E-state index < -0.39 is 11.6 Å². The van der Waals surface area contributed by atoms with E-state index in [9.17, 15) is 14.7 Å². The highest BCUT2D eigenvalue weighted by molar-refractivity contribution is 5.77. The summed E-state index contributed by atoms with van der Waals surface area (Å²) in [5.41, 5.74) is -1.16. The lowest BCUT2D eigenvalue weighted by Crippen LogP contribution is -2.54. The average molecular weight is 291 g/mol. The zero-order valence-electron chi connectivity index (χ0n) is 11.2. The fourth-order valence-electron chi connectivity index (χ4n) is 1.61. The first-order valence-corrected chi connectivity index (χ1v) is 5.97. The molecule has 1 amide bonds. The molecule has 0 saturated carbocycles. The fourth-order valence-corrected chi connectivity index (χ4v) is 1.61. The van der Waals surface area contributed by atoms with Crippen molar-refractivity contribution < 1.29 is 19.5 Å². The molecule has 0 aliphatic carbocycles. The number of rotatable bonds is 7. The third kappa shape index (κ3) is 2.87. The molecule has 110 valence electrons. The van der Waals surface area contributed by atoms with E-state index in [0.717, 1.165) is 16.7 Å². The van der Waals surface area contributed by atoms with Gasteiger partial charge in [0.2, 0.25) is 6.41 Å². The Morgan fingerprint density at radius 1 is 1.48 bits per heavy atom. The molecule has 0 bridgehead atoms. The van der Waals surface area contributed by atoms with Gasteiger partial charge in [0.25, 0.3) is 5.66 Å². The molecule has 0 radical (unpaired) electrons. The summed E-state index contributed by atoms with van der Waals surface area (Å²) in [6, 6.07) is 9.02. The number of hydrogen-bond acceptors (Lipinski definition) is 6. The summed E-state index contributed by atoms with van der Waals surface area (Å²) in [6.45, 7) is 1.26. The van der Waals surface area contributed by atoms with Crippen molar-refractivity contribution in [2.45, 2.75) is 19.2 Å². The van der Waals surface area contributed by atoms with Crippen molar-refractivity contribution in [3.63, 3.8) is 0 Å². The maximum atomic E-state index is 11.5. The minimum atomic E-state index is -1.94. The Labute approximate surface area is 119 Å². The van der Waals surface area contributed by atoms with Gasteiger partial charge in [-0.15, -0.1) is 15.0 Å². The highest BCUT2D eigenvalue weighted by Crippen LogP contribution is 2.19. The van der Waals surface area contributed by atoms with Crippen molar-refractivity contribution in [3.05, 3.63) is 42.2 Å². The third-order valence-electron chi connectivity index (χ3n) is 2.88. The molecule has 1 heterocycles. The Bertz CT molecular complexity index is 603. The lowest BCUT2D eigenvalue weighted by Gasteiger charge is -2.31. The van der Waals surface area contributed by atoms with E-state index in [4.69, 9.17) is 4.84 Å². The van der Waals surface area contributed by atoms with Gasteiger partial charge in [0.15, 0.2) is 6.33 Å². The van der Waals surface area contributed by atoms with Crippen molar-refractivity contribution in [3.8, 4) is 0 Å². The van der Waals surface area contributed by atoms with Crippen LogP contribution in [0, 0.1) is 0 Å². The van der Waals surface area contributed by atoms with E-state index >= 15 is 0 Å². The summed E-state index contributed by atoms with van der Waals surface area (Å²) in [7, 11) is 0. The lowest BCUT2D eigenvalue weighted by atomic mass is 10.2. The molecule has 0 aliphatic heterocycles. The maximum Gasteiger partial charge on any atom is 0.356 e. The van der Waals surface area contributed by atoms with Crippen molar-refractivity contribution in [2.24, 2.45) is 0 Å². The number of carbonyl (C=O) groups excluding carboxylic acids is 1. The highest BCUT2D eigenvalue weighted by atomic mass is 16.7. The molecule has 0 aliphatic rings. The van der Waals surface area contributed by atoms with Crippen LogP contribution in [-0.4, -0.2) is 42.8 Å². The Hall–Kier alpha value is -2.81. The summed E-state index contributed by atoms with van der Waals surface area (Å²) in [5, 5.41) is 20.7. The van der Waals surface area contributed by atoms with Gasteiger partial charge in [-0.3, -0.25) is 9.63 Å². The Morgan fingerprint density at radius 3 is 2.71 bits per heavy atom. The number of amides is 1. The minimum absolute atomic E-state index is 0.0249. The molecule has 9 heteroatoms. The molecule has 0 saturated heterocycles. The van der Waals surface area contributed by atoms with E-state index in [1.165, 1.54) is 6.92 Å². The quantitative estimate of drug-likeness (QED) is 0.565. The van der Waals surface area contributed by atoms with Crippen LogP contribution in [0.1, 0.15) is 12.5 Å². The molecule has 1 unspecified atom stereocenters. The zero-order valence-corrected chi connectivity index (χ0v) is 11.2. The number of benzene rings is 1. The van der Waals surface area contributed by atoms with Crippen LogP contribution in [0.2, 0.25) is 0 Å². The summed E-state index contributed by atoms with van der Waals surface area (Å²) < 4.78 is 0. The molecule has 0 fully saturated rings. The van der Waals surface area contributed by atoms with Crippen molar-refractivity contribution >= 4 is 12.4 Å². The van der Waals surface area contributed by atoms with Gasteiger partial charge in [-0.25, -0.2) is 4.79 Å². The number of carboxylic acids is 1. The van der Waals surface area contributed by atoms with Gasteiger partial charge in [-0.05, 0) is 17.7 Å². The summed E-state index contributed by atoms with van der Waals surface area (Å²) in [6.07, 6.45) is 1.34. The summed E-state index contributed by atoms with van der Waals surface area (Å²) in [4.78, 5) is 28.8. The Morgan fingerprint density at radius 2 is 2.19 bits per heavy atom. The first-order valence-electron chi connectivity index (χ1n) is 5.97. The van der Waals surface area contributed by atoms with Crippen molar-refractivity contribution in [1.82, 2.24) is 25.3 Å². The molecule has 1 N–H and O–H groups in total. The predicted octanol–water partition coefficient (Wildman–Crippen LogP) is 0.0206. The number of aromatic nitrogens is 4. The highest BCUT2D eigenvalue weighted by Gasteiger charge is 2.45. The van der Waals surface area contributed by atoms with Crippen LogP contribution in [0.3, 0.4) is 0 Å². The molecule has 9 nitrogen and oxygen atoms in total. The zero-order chi connectivity index (χ0) is 15.3. The van der Waals surface area contributed by atoms with Gasteiger partial charge < -0.3 is 5.11 Å². The molecule has 0 spiro atoms. The summed E-state index contributed by atoms with van der Waals surface area (Å²) >= 11 is 0. The second-order valence-electron chi connectivity index (χ2n) is 4.24. The van der Waals surface area contributed by atoms with Crippen LogP contribution in [-0.2, 0) is 26.7 Å². The molecule has 2 rings (SSSR count). The number of nitrogens with zero attached hydrogens (tertiary/aromatic N) is 5. The van der Waals surface area contributed by atoms with Crippen LogP contribution < -0.4 is 0 Å². The van der Waals surface area contributed by atoms with Crippen molar-refractivity contribution in [2.75, 3.05) is 0 Å². The predicted molar refractivity (Wildman–Crippen MR) is 68.2 cm³/mol. The maximum absolute atomic E-state index is 11.5. The number of aliphatic carboxylic acids is 1. The van der Waals surface area contributed by atoms with E-state index in [1.807, 2.05) is 6.07 Å². The molecule has 21 heavy (non-hydrogen) atoms. The smallest absolute Gasteiger partial charge is 0.356 e. The number of tetrazole rings is 1. The molecular weight excluding hydrogens is 278 g/mol. The molecular formula is C12H13N5O4. The third-order valence-corrected chi connectivity index (χ3v) is 2.88. The standard InChI is InChI=1S/C12H13N5O4/c1-12(11(19)20,17-14-8-13-15-17)16(9-18)21-7-10-5-3-2-4-6-10/h2-6,8-9H,7H2,1H3,(H,19,20). The van der Waals surface area contributed by atoms with E-state index in [1.54, 1.807) is 24.3 Å². The first kappa shape index (κ1) is 14.6. The van der Waals surface area contributed by atoms with E-state index in [2.05, 4.69) is 15.4 Å². The monoisotopic (exact) mass is 291 g/mol. The van der Waals surface area contributed by atoms with Crippen LogP contribution in [0.25, 0.3) is 0 Å². The van der Waals surface area contributed by atoms with Gasteiger partial charge in [0.1, 0.15) is 6.61 Å². The van der Waals surface area contributed by atoms with Crippen molar-refractivity contribution in [1.29, 1.82) is 0 Å². The Balaban J connectivity index is 2.21.